The minimum absolute atomic E-state index is 0.294. The number of carbonyl (C=O) groups excluding carboxylic acids is 1. The average Bonchev–Trinajstić information content (AvgIpc) is 3.07. The molecule has 0 bridgehead atoms. The van der Waals surface area contributed by atoms with Gasteiger partial charge in [-0.1, -0.05) is 0 Å². The van der Waals surface area contributed by atoms with Crippen LogP contribution in [0, 0.1) is 5.92 Å². The van der Waals surface area contributed by atoms with Gasteiger partial charge in [0, 0.05) is 5.56 Å². The molecule has 3 rings (SSSR count). The molecule has 1 amide bonds. The monoisotopic (exact) mass is 263 g/mol. The van der Waals surface area contributed by atoms with Crippen LogP contribution in [0.25, 0.3) is 0 Å². The lowest BCUT2D eigenvalue weighted by Gasteiger charge is -2.13. The molecule has 1 saturated carbocycles. The van der Waals surface area contributed by atoms with Gasteiger partial charge in [0.25, 0.3) is 0 Å². The molecule has 1 aromatic carbocycles. The predicted octanol–water partition coefficient (Wildman–Crippen LogP) is 0.998. The zero-order valence-electron chi connectivity index (χ0n) is 10.5. The third-order valence-corrected chi connectivity index (χ3v) is 3.92. The van der Waals surface area contributed by atoms with Crippen molar-refractivity contribution in [2.75, 3.05) is 19.5 Å². The van der Waals surface area contributed by atoms with Gasteiger partial charge in [0.2, 0.25) is 5.91 Å². The number of carboxylic acids is 1. The Morgan fingerprint density at radius 3 is 2.53 bits per heavy atom. The van der Waals surface area contributed by atoms with E-state index < -0.39 is 17.3 Å². The number of methoxy groups -OCH3 is 2. The maximum atomic E-state index is 12.2. The highest BCUT2D eigenvalue weighted by molar-refractivity contribution is 6.14. The Morgan fingerprint density at radius 1 is 1.37 bits per heavy atom. The summed E-state index contributed by atoms with van der Waals surface area (Å²) in [6.45, 7) is 0. The lowest BCUT2D eigenvalue weighted by Crippen LogP contribution is -2.24. The lowest BCUT2D eigenvalue weighted by molar-refractivity contribution is -0.140. The third-order valence-electron chi connectivity index (χ3n) is 3.92. The summed E-state index contributed by atoms with van der Waals surface area (Å²) in [7, 11) is 3.00. The quantitative estimate of drug-likeness (QED) is 0.849. The molecule has 6 nitrogen and oxygen atoms in total. The molecule has 1 spiro atoms. The average molecular weight is 263 g/mol. The first kappa shape index (κ1) is 11.8. The molecule has 19 heavy (non-hydrogen) atoms. The van der Waals surface area contributed by atoms with Gasteiger partial charge in [-0.2, -0.15) is 0 Å². The molecule has 1 aromatic rings. The van der Waals surface area contributed by atoms with Gasteiger partial charge >= 0.3 is 5.97 Å². The van der Waals surface area contributed by atoms with E-state index in [-0.39, 0.29) is 5.91 Å². The molecule has 2 N–H and O–H groups in total. The van der Waals surface area contributed by atoms with E-state index in [9.17, 15) is 9.59 Å². The molecule has 1 aliphatic heterocycles. The van der Waals surface area contributed by atoms with E-state index in [1.54, 1.807) is 12.1 Å². The van der Waals surface area contributed by atoms with Gasteiger partial charge in [-0.25, -0.2) is 0 Å². The minimum atomic E-state index is -0.999. The van der Waals surface area contributed by atoms with Crippen molar-refractivity contribution in [3.63, 3.8) is 0 Å². The second-order valence-corrected chi connectivity index (χ2v) is 4.74. The van der Waals surface area contributed by atoms with Crippen molar-refractivity contribution >= 4 is 17.6 Å². The lowest BCUT2D eigenvalue weighted by atomic mass is 9.93. The minimum Gasteiger partial charge on any atom is -0.496 e. The number of ether oxygens (including phenoxy) is 2. The second kappa shape index (κ2) is 3.63. The van der Waals surface area contributed by atoms with Crippen LogP contribution in [0.1, 0.15) is 12.0 Å². The van der Waals surface area contributed by atoms with Crippen LogP contribution in [0.15, 0.2) is 12.1 Å². The Balaban J connectivity index is 2.21. The Morgan fingerprint density at radius 2 is 2.00 bits per heavy atom. The van der Waals surface area contributed by atoms with Crippen LogP contribution in [0.2, 0.25) is 0 Å². The van der Waals surface area contributed by atoms with E-state index in [2.05, 4.69) is 5.32 Å². The molecule has 1 heterocycles. The Bertz CT molecular complexity index is 597. The van der Waals surface area contributed by atoms with Gasteiger partial charge in [-0.05, 0) is 18.6 Å². The van der Waals surface area contributed by atoms with Crippen molar-refractivity contribution in [1.29, 1.82) is 0 Å². The van der Waals surface area contributed by atoms with E-state index in [0.29, 0.717) is 29.2 Å². The summed E-state index contributed by atoms with van der Waals surface area (Å²) in [5.74, 6) is -0.935. The summed E-state index contributed by atoms with van der Waals surface area (Å²) in [5.41, 5.74) is 0.128. The zero-order valence-corrected chi connectivity index (χ0v) is 10.5. The van der Waals surface area contributed by atoms with Crippen molar-refractivity contribution in [3.05, 3.63) is 17.7 Å². The molecule has 0 radical (unpaired) electrons. The second-order valence-electron chi connectivity index (χ2n) is 4.74. The van der Waals surface area contributed by atoms with Crippen molar-refractivity contribution in [2.24, 2.45) is 5.92 Å². The molecule has 0 aromatic heterocycles. The summed E-state index contributed by atoms with van der Waals surface area (Å²) >= 11 is 0. The first-order chi connectivity index (χ1) is 9.06. The molecule has 2 aliphatic rings. The number of hydrogen-bond donors (Lipinski definition) is 2. The van der Waals surface area contributed by atoms with E-state index in [4.69, 9.17) is 14.6 Å². The molecule has 100 valence electrons. The van der Waals surface area contributed by atoms with Crippen molar-refractivity contribution in [1.82, 2.24) is 0 Å². The number of carboxylic acid groups (broad SMARTS) is 1. The summed E-state index contributed by atoms with van der Waals surface area (Å²) in [4.78, 5) is 23.4. The molecular formula is C13H13NO5. The SMILES string of the molecule is COc1ccc(OC)c2c1NC(=O)C21CC1C(=O)O. The number of fused-ring (bicyclic) bond motifs is 2. The third kappa shape index (κ3) is 1.31. The van der Waals surface area contributed by atoms with Crippen LogP contribution in [0.3, 0.4) is 0 Å². The molecule has 2 atom stereocenters. The smallest absolute Gasteiger partial charge is 0.307 e. The number of amides is 1. The molecule has 2 unspecified atom stereocenters. The van der Waals surface area contributed by atoms with E-state index in [1.165, 1.54) is 14.2 Å². The van der Waals surface area contributed by atoms with Crippen LogP contribution in [0.4, 0.5) is 5.69 Å². The van der Waals surface area contributed by atoms with Crippen LogP contribution >= 0.6 is 0 Å². The maximum Gasteiger partial charge on any atom is 0.307 e. The Hall–Kier alpha value is -2.24. The molecule has 1 aliphatic carbocycles. The predicted molar refractivity (Wildman–Crippen MR) is 65.6 cm³/mol. The van der Waals surface area contributed by atoms with E-state index >= 15 is 0 Å². The summed E-state index contributed by atoms with van der Waals surface area (Å²) in [5, 5.41) is 11.9. The largest absolute Gasteiger partial charge is 0.496 e. The summed E-state index contributed by atoms with van der Waals surface area (Å²) in [6, 6.07) is 3.38. The number of benzene rings is 1. The first-order valence-electron chi connectivity index (χ1n) is 5.86. The number of nitrogens with one attached hydrogen (secondary N) is 1. The van der Waals surface area contributed by atoms with Crippen LogP contribution < -0.4 is 14.8 Å². The maximum absolute atomic E-state index is 12.2. The fourth-order valence-electron chi connectivity index (χ4n) is 2.90. The van der Waals surface area contributed by atoms with Gasteiger partial charge in [-0.15, -0.1) is 0 Å². The van der Waals surface area contributed by atoms with Gasteiger partial charge < -0.3 is 19.9 Å². The van der Waals surface area contributed by atoms with Crippen molar-refractivity contribution < 1.29 is 24.2 Å². The van der Waals surface area contributed by atoms with E-state index in [0.717, 1.165) is 0 Å². The number of anilines is 1. The van der Waals surface area contributed by atoms with Crippen molar-refractivity contribution in [2.45, 2.75) is 11.8 Å². The number of aliphatic carboxylic acids is 1. The number of carbonyl (C=O) groups is 2. The summed E-state index contributed by atoms with van der Waals surface area (Å²) < 4.78 is 10.5. The molecule has 6 heteroatoms. The van der Waals surface area contributed by atoms with Gasteiger partial charge in [-0.3, -0.25) is 9.59 Å². The zero-order chi connectivity index (χ0) is 13.8. The standard InChI is InChI=1S/C13H13NO5/c1-18-7-3-4-8(19-2)10-9(7)13(12(17)14-10)5-6(13)11(15)16/h3-4,6H,5H2,1-2H3,(H,14,17)(H,15,16). The summed E-state index contributed by atoms with van der Waals surface area (Å²) in [6.07, 6.45) is 0.296. The molecule has 1 fully saturated rings. The fourth-order valence-corrected chi connectivity index (χ4v) is 2.90. The van der Waals surface area contributed by atoms with E-state index in [1.807, 2.05) is 0 Å². The normalized spacial score (nSPS) is 26.8. The number of rotatable bonds is 3. The number of hydrogen-bond acceptors (Lipinski definition) is 4. The van der Waals surface area contributed by atoms with Crippen LogP contribution in [-0.4, -0.2) is 31.2 Å². The van der Waals surface area contributed by atoms with Crippen molar-refractivity contribution in [3.8, 4) is 11.5 Å². The Labute approximate surface area is 109 Å². The van der Waals surface area contributed by atoms with Gasteiger partial charge in [0.15, 0.2) is 0 Å². The van der Waals surface area contributed by atoms with Crippen LogP contribution in [0.5, 0.6) is 11.5 Å². The van der Waals surface area contributed by atoms with Crippen LogP contribution in [-0.2, 0) is 15.0 Å². The molecular weight excluding hydrogens is 250 g/mol. The Kier molecular flexibility index (Phi) is 2.26. The highest BCUT2D eigenvalue weighted by Gasteiger charge is 2.69. The van der Waals surface area contributed by atoms with Gasteiger partial charge in [0.05, 0.1) is 31.2 Å². The topological polar surface area (TPSA) is 84.9 Å². The molecule has 0 saturated heterocycles. The fraction of sp³-hybridized carbons (Fsp3) is 0.385. The highest BCUT2D eigenvalue weighted by atomic mass is 16.5. The first-order valence-corrected chi connectivity index (χ1v) is 5.86. The highest BCUT2D eigenvalue weighted by Crippen LogP contribution is 2.63. The van der Waals surface area contributed by atoms with Gasteiger partial charge in [0.1, 0.15) is 11.5 Å².